The minimum atomic E-state index is 0.835. The summed E-state index contributed by atoms with van der Waals surface area (Å²) in [6.07, 6.45) is 5.47. The van der Waals surface area contributed by atoms with Crippen LogP contribution in [-0.2, 0) is 6.54 Å². The van der Waals surface area contributed by atoms with Gasteiger partial charge in [-0.3, -0.25) is 4.90 Å². The number of aryl methyl sites for hydroxylation is 1. The first kappa shape index (κ1) is 16.9. The molecule has 2 aliphatic heterocycles. The predicted octanol–water partition coefficient (Wildman–Crippen LogP) is 2.99. The van der Waals surface area contributed by atoms with Crippen molar-refractivity contribution in [1.82, 2.24) is 14.7 Å². The van der Waals surface area contributed by atoms with E-state index >= 15 is 0 Å². The van der Waals surface area contributed by atoms with Gasteiger partial charge in [0.2, 0.25) is 0 Å². The van der Waals surface area contributed by atoms with Gasteiger partial charge in [0.05, 0.1) is 0 Å². The minimum absolute atomic E-state index is 0.835. The average molecular weight is 316 g/mol. The fraction of sp³-hybridized carbons (Fsp3) is 0.700. The Morgan fingerprint density at radius 3 is 2.52 bits per heavy atom. The number of rotatable bonds is 5. The van der Waals surface area contributed by atoms with Crippen molar-refractivity contribution in [1.29, 1.82) is 0 Å². The molecule has 0 spiro atoms. The highest BCUT2D eigenvalue weighted by molar-refractivity contribution is 5.25. The maximum absolute atomic E-state index is 2.70. The number of likely N-dealkylation sites (tertiary alicyclic amines) is 1. The number of hydrogen-bond donors (Lipinski definition) is 0. The smallest absolute Gasteiger partial charge is 0.0236 e. The maximum Gasteiger partial charge on any atom is 0.0236 e. The SMILES string of the molecule is Cc1ccccc1CN1CCCN(CCC2CCCN2C)CC1. The third-order valence-electron chi connectivity index (χ3n) is 5.79. The van der Waals surface area contributed by atoms with E-state index in [4.69, 9.17) is 0 Å². The van der Waals surface area contributed by atoms with Gasteiger partial charge in [-0.15, -0.1) is 0 Å². The molecule has 128 valence electrons. The molecule has 1 aromatic rings. The van der Waals surface area contributed by atoms with Crippen LogP contribution in [0.2, 0.25) is 0 Å². The zero-order valence-corrected chi connectivity index (χ0v) is 15.0. The van der Waals surface area contributed by atoms with E-state index in [2.05, 4.69) is 52.9 Å². The Balaban J connectivity index is 1.44. The van der Waals surface area contributed by atoms with Gasteiger partial charge in [-0.25, -0.2) is 0 Å². The van der Waals surface area contributed by atoms with E-state index in [1.54, 1.807) is 0 Å². The Hall–Kier alpha value is -0.900. The Morgan fingerprint density at radius 1 is 0.957 bits per heavy atom. The second-order valence-corrected chi connectivity index (χ2v) is 7.46. The van der Waals surface area contributed by atoms with Crippen molar-refractivity contribution in [3.63, 3.8) is 0 Å². The molecule has 3 rings (SSSR count). The molecule has 0 aliphatic carbocycles. The van der Waals surface area contributed by atoms with Crippen LogP contribution >= 0.6 is 0 Å². The average Bonchev–Trinajstić information content (AvgIpc) is 2.82. The highest BCUT2D eigenvalue weighted by Crippen LogP contribution is 2.19. The molecule has 3 heteroatoms. The molecule has 0 bridgehead atoms. The van der Waals surface area contributed by atoms with Gasteiger partial charge in [-0.1, -0.05) is 24.3 Å². The Labute approximate surface area is 142 Å². The van der Waals surface area contributed by atoms with E-state index in [-0.39, 0.29) is 0 Å². The second-order valence-electron chi connectivity index (χ2n) is 7.46. The summed E-state index contributed by atoms with van der Waals surface area (Å²) in [5.41, 5.74) is 2.92. The van der Waals surface area contributed by atoms with Crippen LogP contribution in [0.5, 0.6) is 0 Å². The summed E-state index contributed by atoms with van der Waals surface area (Å²) in [6.45, 7) is 10.9. The lowest BCUT2D eigenvalue weighted by atomic mass is 10.1. The Morgan fingerprint density at radius 2 is 1.74 bits per heavy atom. The molecule has 2 fully saturated rings. The number of nitrogens with zero attached hydrogens (tertiary/aromatic N) is 3. The molecule has 23 heavy (non-hydrogen) atoms. The molecule has 1 unspecified atom stereocenters. The van der Waals surface area contributed by atoms with E-state index in [0.29, 0.717) is 0 Å². The molecule has 0 N–H and O–H groups in total. The van der Waals surface area contributed by atoms with E-state index in [1.807, 2.05) is 0 Å². The van der Waals surface area contributed by atoms with Crippen LogP contribution in [0.3, 0.4) is 0 Å². The van der Waals surface area contributed by atoms with Crippen molar-refractivity contribution in [2.45, 2.75) is 45.2 Å². The van der Waals surface area contributed by atoms with Crippen molar-refractivity contribution in [3.8, 4) is 0 Å². The first-order valence-electron chi connectivity index (χ1n) is 9.42. The van der Waals surface area contributed by atoms with Gasteiger partial charge in [0.15, 0.2) is 0 Å². The van der Waals surface area contributed by atoms with Gasteiger partial charge < -0.3 is 9.80 Å². The summed E-state index contributed by atoms with van der Waals surface area (Å²) in [5, 5.41) is 0. The third-order valence-corrected chi connectivity index (χ3v) is 5.79. The molecule has 0 radical (unpaired) electrons. The molecule has 1 atom stereocenters. The van der Waals surface area contributed by atoms with Crippen LogP contribution in [0.25, 0.3) is 0 Å². The fourth-order valence-corrected chi connectivity index (χ4v) is 4.11. The van der Waals surface area contributed by atoms with Gasteiger partial charge in [0.25, 0.3) is 0 Å². The normalized spacial score (nSPS) is 24.9. The van der Waals surface area contributed by atoms with Crippen molar-refractivity contribution in [2.75, 3.05) is 46.3 Å². The van der Waals surface area contributed by atoms with Crippen LogP contribution in [0, 0.1) is 6.92 Å². The first-order chi connectivity index (χ1) is 11.2. The largest absolute Gasteiger partial charge is 0.303 e. The molecule has 0 amide bonds. The third kappa shape index (κ3) is 4.79. The minimum Gasteiger partial charge on any atom is -0.303 e. The maximum atomic E-state index is 2.70. The van der Waals surface area contributed by atoms with Crippen LogP contribution in [0.15, 0.2) is 24.3 Å². The van der Waals surface area contributed by atoms with Crippen LogP contribution in [0.4, 0.5) is 0 Å². The van der Waals surface area contributed by atoms with Crippen molar-refractivity contribution in [3.05, 3.63) is 35.4 Å². The van der Waals surface area contributed by atoms with E-state index in [9.17, 15) is 0 Å². The molecule has 2 saturated heterocycles. The lowest BCUT2D eigenvalue weighted by Gasteiger charge is -2.25. The molecular formula is C20H33N3. The van der Waals surface area contributed by atoms with Crippen molar-refractivity contribution in [2.24, 2.45) is 0 Å². The quantitative estimate of drug-likeness (QED) is 0.827. The summed E-state index contributed by atoms with van der Waals surface area (Å²) < 4.78 is 0. The van der Waals surface area contributed by atoms with Gasteiger partial charge in [0.1, 0.15) is 0 Å². The Kier molecular flexibility index (Phi) is 6.09. The van der Waals surface area contributed by atoms with Gasteiger partial charge in [-0.2, -0.15) is 0 Å². The van der Waals surface area contributed by atoms with Gasteiger partial charge in [-0.05, 0) is 77.0 Å². The lowest BCUT2D eigenvalue weighted by molar-refractivity contribution is 0.220. The van der Waals surface area contributed by atoms with Crippen molar-refractivity contribution < 1.29 is 0 Å². The summed E-state index contributed by atoms with van der Waals surface area (Å²) >= 11 is 0. The van der Waals surface area contributed by atoms with E-state index in [1.165, 1.54) is 76.1 Å². The number of benzene rings is 1. The van der Waals surface area contributed by atoms with Crippen molar-refractivity contribution >= 4 is 0 Å². The summed E-state index contributed by atoms with van der Waals surface area (Å²) in [4.78, 5) is 7.90. The highest BCUT2D eigenvalue weighted by Gasteiger charge is 2.22. The predicted molar refractivity (Wildman–Crippen MR) is 97.8 cm³/mol. The second kappa shape index (κ2) is 8.27. The number of hydrogen-bond acceptors (Lipinski definition) is 3. The van der Waals surface area contributed by atoms with E-state index in [0.717, 1.165) is 12.6 Å². The molecule has 2 aliphatic rings. The monoisotopic (exact) mass is 315 g/mol. The summed E-state index contributed by atoms with van der Waals surface area (Å²) in [5.74, 6) is 0. The molecule has 0 saturated carbocycles. The van der Waals surface area contributed by atoms with Gasteiger partial charge in [0, 0.05) is 25.7 Å². The topological polar surface area (TPSA) is 9.72 Å². The van der Waals surface area contributed by atoms with Crippen LogP contribution in [0.1, 0.15) is 36.8 Å². The zero-order valence-electron chi connectivity index (χ0n) is 15.0. The first-order valence-corrected chi connectivity index (χ1v) is 9.42. The molecule has 3 nitrogen and oxygen atoms in total. The zero-order chi connectivity index (χ0) is 16.1. The lowest BCUT2D eigenvalue weighted by Crippen LogP contribution is -2.34. The van der Waals surface area contributed by atoms with Gasteiger partial charge >= 0.3 is 0 Å². The standard InChI is InChI=1S/C20H33N3/c1-18-7-3-4-8-19(18)17-23-13-6-12-22(15-16-23)14-10-20-9-5-11-21(20)2/h3-4,7-8,20H,5-6,9-17H2,1-2H3. The fourth-order valence-electron chi connectivity index (χ4n) is 4.11. The molecule has 0 aromatic heterocycles. The highest BCUT2D eigenvalue weighted by atomic mass is 15.2. The summed E-state index contributed by atoms with van der Waals surface area (Å²) in [6, 6.07) is 9.67. The summed E-state index contributed by atoms with van der Waals surface area (Å²) in [7, 11) is 2.30. The molecular weight excluding hydrogens is 282 g/mol. The molecule has 2 heterocycles. The molecule has 1 aromatic carbocycles. The van der Waals surface area contributed by atoms with Crippen LogP contribution < -0.4 is 0 Å². The van der Waals surface area contributed by atoms with Crippen LogP contribution in [-0.4, -0.2) is 67.1 Å². The van der Waals surface area contributed by atoms with E-state index < -0.39 is 0 Å². The Bertz CT molecular complexity index is 488.